The number of aromatic amines is 1. The first-order valence-electron chi connectivity index (χ1n) is 6.27. The van der Waals surface area contributed by atoms with Gasteiger partial charge in [-0.2, -0.15) is 0 Å². The molecule has 2 aromatic heterocycles. The summed E-state index contributed by atoms with van der Waals surface area (Å²) in [7, 11) is 0. The molecule has 0 unspecified atom stereocenters. The molecule has 96 valence electrons. The molecule has 2 aromatic rings. The van der Waals surface area contributed by atoms with E-state index in [1.54, 1.807) is 17.4 Å². The third kappa shape index (κ3) is 3.07. The van der Waals surface area contributed by atoms with Gasteiger partial charge in [0.1, 0.15) is 5.82 Å². The summed E-state index contributed by atoms with van der Waals surface area (Å²) >= 11 is 1.69. The lowest BCUT2D eigenvalue weighted by Crippen LogP contribution is -2.11. The van der Waals surface area contributed by atoms with Crippen molar-refractivity contribution in [3.8, 4) is 10.7 Å². The number of H-pyrrole nitrogens is 1. The third-order valence-corrected chi connectivity index (χ3v) is 3.89. The van der Waals surface area contributed by atoms with E-state index < -0.39 is 0 Å². The minimum atomic E-state index is -0.0675. The number of aromatic nitrogens is 2. The molecule has 0 amide bonds. The van der Waals surface area contributed by atoms with Crippen molar-refractivity contribution in [2.45, 2.75) is 33.6 Å². The molecule has 3 nitrogen and oxygen atoms in total. The maximum atomic E-state index is 11.7. The second-order valence-corrected chi connectivity index (χ2v) is 5.97. The van der Waals surface area contributed by atoms with E-state index in [0.717, 1.165) is 23.4 Å². The highest BCUT2D eigenvalue weighted by atomic mass is 32.1. The molecular weight excluding hydrogens is 244 g/mol. The van der Waals surface area contributed by atoms with Gasteiger partial charge in [-0.25, -0.2) is 4.98 Å². The molecule has 0 atom stereocenters. The fourth-order valence-electron chi connectivity index (χ4n) is 1.84. The first-order valence-corrected chi connectivity index (χ1v) is 7.09. The van der Waals surface area contributed by atoms with E-state index in [4.69, 9.17) is 0 Å². The van der Waals surface area contributed by atoms with Crippen LogP contribution in [0.25, 0.3) is 10.7 Å². The van der Waals surface area contributed by atoms with Crippen molar-refractivity contribution < 1.29 is 0 Å². The van der Waals surface area contributed by atoms with Gasteiger partial charge in [-0.05, 0) is 30.9 Å². The Bertz CT molecular complexity index is 583. The van der Waals surface area contributed by atoms with Crippen molar-refractivity contribution in [2.24, 2.45) is 5.92 Å². The molecule has 0 bridgehead atoms. The summed E-state index contributed by atoms with van der Waals surface area (Å²) in [4.78, 5) is 21.4. The molecule has 0 saturated carbocycles. The summed E-state index contributed by atoms with van der Waals surface area (Å²) < 4.78 is 0. The van der Waals surface area contributed by atoms with Crippen LogP contribution >= 0.6 is 11.3 Å². The largest absolute Gasteiger partial charge is 0.306 e. The van der Waals surface area contributed by atoms with Crippen LogP contribution in [0.3, 0.4) is 0 Å². The Labute approximate surface area is 111 Å². The van der Waals surface area contributed by atoms with E-state index in [9.17, 15) is 4.79 Å². The van der Waals surface area contributed by atoms with Gasteiger partial charge in [-0.1, -0.05) is 20.8 Å². The van der Waals surface area contributed by atoms with Gasteiger partial charge in [-0.3, -0.25) is 4.79 Å². The molecule has 0 aliphatic heterocycles. The highest BCUT2D eigenvalue weighted by Gasteiger charge is 2.08. The van der Waals surface area contributed by atoms with Crippen LogP contribution in [-0.4, -0.2) is 9.97 Å². The van der Waals surface area contributed by atoms with Crippen molar-refractivity contribution in [1.29, 1.82) is 0 Å². The van der Waals surface area contributed by atoms with Gasteiger partial charge in [0.2, 0.25) is 0 Å². The fraction of sp³-hybridized carbons (Fsp3) is 0.429. The van der Waals surface area contributed by atoms with E-state index in [0.29, 0.717) is 11.7 Å². The summed E-state index contributed by atoms with van der Waals surface area (Å²) in [6, 6.07) is 5.72. The number of hydrogen-bond donors (Lipinski definition) is 1. The highest BCUT2D eigenvalue weighted by molar-refractivity contribution is 7.15. The summed E-state index contributed by atoms with van der Waals surface area (Å²) in [5.74, 6) is 1.20. The summed E-state index contributed by atoms with van der Waals surface area (Å²) in [6.07, 6.45) is 1.85. The zero-order valence-corrected chi connectivity index (χ0v) is 11.8. The minimum Gasteiger partial charge on any atom is -0.306 e. The number of thiophene rings is 1. The normalized spacial score (nSPS) is 11.1. The van der Waals surface area contributed by atoms with Crippen molar-refractivity contribution in [1.82, 2.24) is 9.97 Å². The monoisotopic (exact) mass is 262 g/mol. The summed E-state index contributed by atoms with van der Waals surface area (Å²) in [5.41, 5.74) is 0.803. The van der Waals surface area contributed by atoms with Crippen molar-refractivity contribution in [2.75, 3.05) is 0 Å². The number of aryl methyl sites for hydroxylation is 1. The lowest BCUT2D eigenvalue weighted by Gasteiger charge is -2.05. The Hall–Kier alpha value is -1.42. The molecule has 0 aromatic carbocycles. The van der Waals surface area contributed by atoms with E-state index >= 15 is 0 Å². The molecule has 2 heterocycles. The summed E-state index contributed by atoms with van der Waals surface area (Å²) in [5, 5.41) is 0. The van der Waals surface area contributed by atoms with Gasteiger partial charge >= 0.3 is 0 Å². The number of hydrogen-bond acceptors (Lipinski definition) is 3. The van der Waals surface area contributed by atoms with Crippen LogP contribution < -0.4 is 5.56 Å². The van der Waals surface area contributed by atoms with Crippen LogP contribution in [0.4, 0.5) is 0 Å². The molecule has 0 spiro atoms. The van der Waals surface area contributed by atoms with Crippen LogP contribution in [0.5, 0.6) is 0 Å². The maximum absolute atomic E-state index is 11.7. The van der Waals surface area contributed by atoms with Gasteiger partial charge in [-0.15, -0.1) is 11.3 Å². The molecule has 0 fully saturated rings. The molecule has 1 N–H and O–H groups in total. The van der Waals surface area contributed by atoms with Crippen LogP contribution in [-0.2, 0) is 12.8 Å². The smallest absolute Gasteiger partial charge is 0.251 e. The summed E-state index contributed by atoms with van der Waals surface area (Å²) in [6.45, 7) is 6.38. The number of nitrogens with one attached hydrogen (secondary N) is 1. The fourth-order valence-corrected chi connectivity index (χ4v) is 2.74. The second-order valence-electron chi connectivity index (χ2n) is 4.80. The van der Waals surface area contributed by atoms with Crippen LogP contribution in [0.15, 0.2) is 23.0 Å². The molecule has 0 aliphatic carbocycles. The Morgan fingerprint density at radius 2 is 2.17 bits per heavy atom. The first-order chi connectivity index (χ1) is 8.58. The Morgan fingerprint density at radius 3 is 2.78 bits per heavy atom. The van der Waals surface area contributed by atoms with Crippen molar-refractivity contribution in [3.63, 3.8) is 0 Å². The average Bonchev–Trinajstić information content (AvgIpc) is 2.75. The third-order valence-electron chi connectivity index (χ3n) is 2.66. The minimum absolute atomic E-state index is 0.0675. The zero-order chi connectivity index (χ0) is 13.1. The Morgan fingerprint density at radius 1 is 1.39 bits per heavy atom. The van der Waals surface area contributed by atoms with Crippen LogP contribution in [0.1, 0.15) is 31.3 Å². The second kappa shape index (κ2) is 5.48. The average molecular weight is 262 g/mol. The molecule has 0 radical (unpaired) electrons. The Kier molecular flexibility index (Phi) is 3.97. The quantitative estimate of drug-likeness (QED) is 0.919. The van der Waals surface area contributed by atoms with Crippen LogP contribution in [0, 0.1) is 5.92 Å². The van der Waals surface area contributed by atoms with Gasteiger partial charge in [0.05, 0.1) is 4.88 Å². The molecule has 0 saturated heterocycles. The van der Waals surface area contributed by atoms with Crippen LogP contribution in [0.2, 0.25) is 0 Å². The van der Waals surface area contributed by atoms with Crippen molar-refractivity contribution >= 4 is 11.3 Å². The molecular formula is C14H18N2OS. The number of nitrogens with zero attached hydrogens (tertiary/aromatic N) is 1. The first kappa shape index (κ1) is 13.0. The topological polar surface area (TPSA) is 45.8 Å². The predicted molar refractivity (Wildman–Crippen MR) is 76.1 cm³/mol. The SMILES string of the molecule is CCc1ccc(-c2nc(CC(C)C)cc(=O)[nH]2)s1. The van der Waals surface area contributed by atoms with E-state index in [-0.39, 0.29) is 5.56 Å². The lowest BCUT2D eigenvalue weighted by atomic mass is 10.1. The van der Waals surface area contributed by atoms with Gasteiger partial charge in [0, 0.05) is 16.6 Å². The van der Waals surface area contributed by atoms with E-state index in [1.165, 1.54) is 4.88 Å². The van der Waals surface area contributed by atoms with E-state index in [2.05, 4.69) is 36.8 Å². The van der Waals surface area contributed by atoms with E-state index in [1.807, 2.05) is 6.07 Å². The lowest BCUT2D eigenvalue weighted by molar-refractivity contribution is 0.634. The molecule has 18 heavy (non-hydrogen) atoms. The standard InChI is InChI=1S/C14H18N2OS/c1-4-11-5-6-12(18-11)14-15-10(7-9(2)3)8-13(17)16-14/h5-6,8-9H,4,7H2,1-3H3,(H,15,16,17). The molecule has 2 rings (SSSR count). The molecule has 4 heteroatoms. The van der Waals surface area contributed by atoms with Gasteiger partial charge in [0.25, 0.3) is 5.56 Å². The zero-order valence-electron chi connectivity index (χ0n) is 11.0. The van der Waals surface area contributed by atoms with Crippen molar-refractivity contribution in [3.05, 3.63) is 39.1 Å². The molecule has 0 aliphatic rings. The van der Waals surface area contributed by atoms with Gasteiger partial charge in [0.15, 0.2) is 0 Å². The number of rotatable bonds is 4. The maximum Gasteiger partial charge on any atom is 0.251 e. The highest BCUT2D eigenvalue weighted by Crippen LogP contribution is 2.25. The Balaban J connectivity index is 2.38. The van der Waals surface area contributed by atoms with Gasteiger partial charge < -0.3 is 4.98 Å². The predicted octanol–water partition coefficient (Wildman–Crippen LogP) is 3.26.